The van der Waals surface area contributed by atoms with Gasteiger partial charge in [-0.15, -0.1) is 0 Å². The van der Waals surface area contributed by atoms with Gasteiger partial charge in [-0.25, -0.2) is 4.79 Å². The maximum absolute atomic E-state index is 12.4. The number of aryl methyl sites for hydroxylation is 1. The third-order valence-electron chi connectivity index (χ3n) is 4.24. The van der Waals surface area contributed by atoms with Crippen LogP contribution in [-0.4, -0.2) is 47.5 Å². The minimum atomic E-state index is -0.790. The number of phenolic OH excluding ortho intramolecular Hbond substituents is 1. The minimum absolute atomic E-state index is 0.000355. The van der Waals surface area contributed by atoms with Crippen LogP contribution < -0.4 is 5.32 Å². The maximum atomic E-state index is 12.4. The molecular formula is C21H24N2O5. The number of hydrogen-bond acceptors (Lipinski definition) is 5. The van der Waals surface area contributed by atoms with Gasteiger partial charge >= 0.3 is 5.97 Å². The Morgan fingerprint density at radius 1 is 1.07 bits per heavy atom. The zero-order chi connectivity index (χ0) is 20.7. The molecule has 2 amide bonds. The van der Waals surface area contributed by atoms with Crippen molar-refractivity contribution in [2.45, 2.75) is 20.8 Å². The molecule has 0 heterocycles. The van der Waals surface area contributed by atoms with Crippen LogP contribution in [0.4, 0.5) is 5.69 Å². The largest absolute Gasteiger partial charge is 0.507 e. The zero-order valence-corrected chi connectivity index (χ0v) is 16.2. The number of carbonyl (C=O) groups excluding carboxylic acids is 3. The summed E-state index contributed by atoms with van der Waals surface area (Å²) in [5.41, 5.74) is 1.42. The number of nitrogens with one attached hydrogen (secondary N) is 1. The quantitative estimate of drug-likeness (QED) is 0.716. The lowest BCUT2D eigenvalue weighted by Gasteiger charge is -2.19. The highest BCUT2D eigenvalue weighted by Gasteiger charge is 2.16. The SMILES string of the molecule is CCN(CC)C(=O)c1cccc(NC(=O)COC(=O)c2cccc(C)c2O)c1. The predicted molar refractivity (Wildman–Crippen MR) is 105 cm³/mol. The lowest BCUT2D eigenvalue weighted by molar-refractivity contribution is -0.119. The van der Waals surface area contributed by atoms with Crippen LogP contribution in [0, 0.1) is 6.92 Å². The van der Waals surface area contributed by atoms with E-state index in [4.69, 9.17) is 4.74 Å². The second-order valence-corrected chi connectivity index (χ2v) is 6.15. The highest BCUT2D eigenvalue weighted by atomic mass is 16.5. The van der Waals surface area contributed by atoms with E-state index < -0.39 is 18.5 Å². The second-order valence-electron chi connectivity index (χ2n) is 6.15. The second kappa shape index (κ2) is 9.55. The van der Waals surface area contributed by atoms with Crippen LogP contribution in [0.1, 0.15) is 40.1 Å². The lowest BCUT2D eigenvalue weighted by Crippen LogP contribution is -2.30. The average molecular weight is 384 g/mol. The molecule has 2 rings (SSSR count). The molecule has 2 aromatic carbocycles. The van der Waals surface area contributed by atoms with Gasteiger partial charge in [-0.2, -0.15) is 0 Å². The molecule has 148 valence electrons. The van der Waals surface area contributed by atoms with E-state index in [1.807, 2.05) is 13.8 Å². The van der Waals surface area contributed by atoms with Crippen molar-refractivity contribution < 1.29 is 24.2 Å². The van der Waals surface area contributed by atoms with Crippen molar-refractivity contribution in [3.05, 3.63) is 59.2 Å². The molecule has 0 spiro atoms. The van der Waals surface area contributed by atoms with Crippen LogP contribution in [0.3, 0.4) is 0 Å². The summed E-state index contributed by atoms with van der Waals surface area (Å²) in [7, 11) is 0. The highest BCUT2D eigenvalue weighted by Crippen LogP contribution is 2.22. The Bertz CT molecular complexity index is 875. The number of phenols is 1. The highest BCUT2D eigenvalue weighted by molar-refractivity contribution is 5.99. The summed E-state index contributed by atoms with van der Waals surface area (Å²) in [5.74, 6) is -1.63. The predicted octanol–water partition coefficient (Wildman–Crippen LogP) is 2.98. The lowest BCUT2D eigenvalue weighted by atomic mass is 10.1. The van der Waals surface area contributed by atoms with Crippen LogP contribution in [0.15, 0.2) is 42.5 Å². The summed E-state index contributed by atoms with van der Waals surface area (Å²) < 4.78 is 4.96. The number of ether oxygens (including phenoxy) is 1. The van der Waals surface area contributed by atoms with Crippen molar-refractivity contribution in [2.75, 3.05) is 25.0 Å². The third-order valence-corrected chi connectivity index (χ3v) is 4.24. The molecule has 2 N–H and O–H groups in total. The Hall–Kier alpha value is -3.35. The van der Waals surface area contributed by atoms with Crippen molar-refractivity contribution in [1.82, 2.24) is 4.90 Å². The summed E-state index contributed by atoms with van der Waals surface area (Å²) >= 11 is 0. The maximum Gasteiger partial charge on any atom is 0.342 e. The van der Waals surface area contributed by atoms with Crippen LogP contribution in [0.2, 0.25) is 0 Å². The topological polar surface area (TPSA) is 95.9 Å². The van der Waals surface area contributed by atoms with Crippen molar-refractivity contribution in [3.63, 3.8) is 0 Å². The first-order valence-corrected chi connectivity index (χ1v) is 9.02. The van der Waals surface area contributed by atoms with E-state index in [2.05, 4.69) is 5.32 Å². The fourth-order valence-corrected chi connectivity index (χ4v) is 2.65. The molecule has 0 saturated heterocycles. The molecule has 0 aromatic heterocycles. The molecule has 0 bridgehead atoms. The number of nitrogens with zero attached hydrogens (tertiary/aromatic N) is 1. The van der Waals surface area contributed by atoms with Crippen molar-refractivity contribution in [3.8, 4) is 5.75 Å². The number of carbonyl (C=O) groups is 3. The summed E-state index contributed by atoms with van der Waals surface area (Å²) in [6.45, 7) is 6.12. The normalized spacial score (nSPS) is 10.2. The van der Waals surface area contributed by atoms with Crippen LogP contribution in [0.25, 0.3) is 0 Å². The molecule has 0 aliphatic heterocycles. The van der Waals surface area contributed by atoms with Gasteiger partial charge in [-0.05, 0) is 50.6 Å². The Kier molecular flexibility index (Phi) is 7.14. The van der Waals surface area contributed by atoms with Crippen LogP contribution in [0.5, 0.6) is 5.75 Å². The van der Waals surface area contributed by atoms with Crippen molar-refractivity contribution in [2.24, 2.45) is 0 Å². The molecule has 0 saturated carbocycles. The third kappa shape index (κ3) is 5.09. The summed E-state index contributed by atoms with van der Waals surface area (Å²) in [5, 5.41) is 12.5. The van der Waals surface area contributed by atoms with E-state index in [0.29, 0.717) is 29.9 Å². The standard InChI is InChI=1S/C21H24N2O5/c1-4-23(5-2)20(26)15-9-7-10-16(12-15)22-18(24)13-28-21(27)17-11-6-8-14(3)19(17)25/h6-12,25H,4-5,13H2,1-3H3,(H,22,24). The molecule has 0 aliphatic rings. The van der Waals surface area contributed by atoms with E-state index in [-0.39, 0.29) is 17.2 Å². The summed E-state index contributed by atoms with van der Waals surface area (Å²) in [6, 6.07) is 11.3. The van der Waals surface area contributed by atoms with Gasteiger partial charge in [0.25, 0.3) is 11.8 Å². The molecule has 2 aromatic rings. The van der Waals surface area contributed by atoms with Crippen LogP contribution >= 0.6 is 0 Å². The molecule has 0 radical (unpaired) electrons. The molecule has 0 fully saturated rings. The first-order chi connectivity index (χ1) is 13.4. The number of rotatable bonds is 7. The number of anilines is 1. The van der Waals surface area contributed by atoms with E-state index in [9.17, 15) is 19.5 Å². The molecule has 0 atom stereocenters. The summed E-state index contributed by atoms with van der Waals surface area (Å²) in [4.78, 5) is 38.2. The Morgan fingerprint density at radius 3 is 2.43 bits per heavy atom. The van der Waals surface area contributed by atoms with Gasteiger partial charge in [0.2, 0.25) is 0 Å². The molecule has 7 nitrogen and oxygen atoms in total. The molecule has 7 heteroatoms. The smallest absolute Gasteiger partial charge is 0.342 e. The van der Waals surface area contributed by atoms with E-state index >= 15 is 0 Å². The minimum Gasteiger partial charge on any atom is -0.507 e. The van der Waals surface area contributed by atoms with Gasteiger partial charge in [0, 0.05) is 24.3 Å². The van der Waals surface area contributed by atoms with Crippen LogP contribution in [-0.2, 0) is 9.53 Å². The summed E-state index contributed by atoms with van der Waals surface area (Å²) in [6.07, 6.45) is 0. The molecule has 28 heavy (non-hydrogen) atoms. The Balaban J connectivity index is 1.98. The first kappa shape index (κ1) is 21.0. The van der Waals surface area contributed by atoms with E-state index in [0.717, 1.165) is 0 Å². The Labute approximate surface area is 163 Å². The molecular weight excluding hydrogens is 360 g/mol. The fourth-order valence-electron chi connectivity index (χ4n) is 2.65. The Morgan fingerprint density at radius 2 is 1.75 bits per heavy atom. The number of hydrogen-bond donors (Lipinski definition) is 2. The molecule has 0 unspecified atom stereocenters. The number of para-hydroxylation sites is 1. The fraction of sp³-hybridized carbons (Fsp3) is 0.286. The number of benzene rings is 2. The monoisotopic (exact) mass is 384 g/mol. The first-order valence-electron chi connectivity index (χ1n) is 9.02. The van der Waals surface area contributed by atoms with E-state index in [1.54, 1.807) is 48.2 Å². The van der Waals surface area contributed by atoms with E-state index in [1.165, 1.54) is 6.07 Å². The number of esters is 1. The van der Waals surface area contributed by atoms with Crippen molar-refractivity contribution in [1.29, 1.82) is 0 Å². The zero-order valence-electron chi connectivity index (χ0n) is 16.2. The van der Waals surface area contributed by atoms with Crippen molar-refractivity contribution >= 4 is 23.5 Å². The number of aromatic hydroxyl groups is 1. The van der Waals surface area contributed by atoms with Gasteiger partial charge in [-0.3, -0.25) is 9.59 Å². The van der Waals surface area contributed by atoms with Gasteiger partial charge in [0.05, 0.1) is 0 Å². The van der Waals surface area contributed by atoms with Gasteiger partial charge in [-0.1, -0.05) is 18.2 Å². The van der Waals surface area contributed by atoms with Gasteiger partial charge < -0.3 is 20.1 Å². The van der Waals surface area contributed by atoms with Gasteiger partial charge in [0.1, 0.15) is 11.3 Å². The average Bonchev–Trinajstić information content (AvgIpc) is 2.69. The molecule has 0 aliphatic carbocycles. The van der Waals surface area contributed by atoms with Gasteiger partial charge in [0.15, 0.2) is 6.61 Å². The number of amides is 2.